The zero-order valence-electron chi connectivity index (χ0n) is 17.0. The maximum Gasteiger partial charge on any atom is 0.317 e. The van der Waals surface area contributed by atoms with E-state index in [-0.39, 0.29) is 24.9 Å². The fourth-order valence-corrected chi connectivity index (χ4v) is 3.84. The minimum atomic E-state index is -1.42. The smallest absolute Gasteiger partial charge is 0.317 e. The normalized spacial score (nSPS) is 18.0. The third kappa shape index (κ3) is 5.03. The molecule has 9 nitrogen and oxygen atoms in total. The predicted molar refractivity (Wildman–Crippen MR) is 108 cm³/mol. The molecule has 9 heteroatoms. The van der Waals surface area contributed by atoms with Crippen molar-refractivity contribution < 1.29 is 19.5 Å². The average Bonchev–Trinajstić information content (AvgIpc) is 2.66. The summed E-state index contributed by atoms with van der Waals surface area (Å²) in [4.78, 5) is 41.3. The topological polar surface area (TPSA) is 124 Å². The Morgan fingerprint density at radius 3 is 2.76 bits per heavy atom. The van der Waals surface area contributed by atoms with Crippen molar-refractivity contribution in [1.82, 2.24) is 20.5 Å². The highest BCUT2D eigenvalue weighted by Crippen LogP contribution is 2.25. The number of pyridine rings is 1. The fraction of sp³-hybridized carbons (Fsp3) is 0.600. The summed E-state index contributed by atoms with van der Waals surface area (Å²) in [6.07, 6.45) is 3.69. The molecule has 158 valence electrons. The van der Waals surface area contributed by atoms with E-state index in [2.05, 4.69) is 27.0 Å². The van der Waals surface area contributed by atoms with Gasteiger partial charge in [-0.05, 0) is 44.2 Å². The van der Waals surface area contributed by atoms with Crippen molar-refractivity contribution in [2.45, 2.75) is 51.2 Å². The Morgan fingerprint density at radius 1 is 1.31 bits per heavy atom. The van der Waals surface area contributed by atoms with Crippen molar-refractivity contribution in [3.63, 3.8) is 0 Å². The van der Waals surface area contributed by atoms with Gasteiger partial charge < -0.3 is 26.0 Å². The number of ketones is 1. The van der Waals surface area contributed by atoms with E-state index in [4.69, 9.17) is 0 Å². The number of aryl methyl sites for hydroxylation is 2. The highest BCUT2D eigenvalue weighted by Gasteiger charge is 2.51. The number of carbonyl (C=O) groups is 3. The first kappa shape index (κ1) is 21.0. The third-order valence-corrected chi connectivity index (χ3v) is 5.35. The Morgan fingerprint density at radius 2 is 2.07 bits per heavy atom. The summed E-state index contributed by atoms with van der Waals surface area (Å²) >= 11 is 0. The van der Waals surface area contributed by atoms with Gasteiger partial charge in [0.15, 0.2) is 5.78 Å². The highest BCUT2D eigenvalue weighted by atomic mass is 16.3. The summed E-state index contributed by atoms with van der Waals surface area (Å²) in [7, 11) is 0. The number of rotatable bonds is 7. The molecule has 0 aliphatic carbocycles. The number of hydrogen-bond donors (Lipinski definition) is 4. The predicted octanol–water partition coefficient (Wildman–Crippen LogP) is 0.222. The molecule has 3 heterocycles. The van der Waals surface area contributed by atoms with E-state index in [1.165, 1.54) is 24.3 Å². The second-order valence-corrected chi connectivity index (χ2v) is 7.88. The van der Waals surface area contributed by atoms with Crippen LogP contribution in [0, 0.1) is 0 Å². The number of urea groups is 1. The number of amides is 3. The number of anilines is 1. The van der Waals surface area contributed by atoms with Crippen LogP contribution >= 0.6 is 0 Å². The minimum absolute atomic E-state index is 0.00140. The van der Waals surface area contributed by atoms with Gasteiger partial charge in [0.2, 0.25) is 5.91 Å². The molecule has 3 rings (SSSR count). The summed E-state index contributed by atoms with van der Waals surface area (Å²) in [5.74, 6) is 0.235. The van der Waals surface area contributed by atoms with Crippen LogP contribution in [0.3, 0.4) is 0 Å². The van der Waals surface area contributed by atoms with Crippen molar-refractivity contribution >= 4 is 23.5 Å². The number of aromatic nitrogens is 1. The van der Waals surface area contributed by atoms with Crippen molar-refractivity contribution in [3.05, 3.63) is 23.4 Å². The van der Waals surface area contributed by atoms with Gasteiger partial charge in [-0.15, -0.1) is 0 Å². The van der Waals surface area contributed by atoms with E-state index >= 15 is 0 Å². The van der Waals surface area contributed by atoms with Gasteiger partial charge in [0.25, 0.3) is 0 Å². The maximum absolute atomic E-state index is 12.2. The molecule has 0 spiro atoms. The van der Waals surface area contributed by atoms with E-state index in [0.717, 1.165) is 43.7 Å². The number of carbonyl (C=O) groups excluding carboxylic acids is 3. The number of β-amino-alcohol motifs (C(OH)–C–C–N with tert-alkyl or cyclic N) is 1. The van der Waals surface area contributed by atoms with Crippen molar-refractivity contribution in [3.8, 4) is 0 Å². The largest absolute Gasteiger partial charge is 0.384 e. The van der Waals surface area contributed by atoms with Crippen LogP contribution in [-0.4, -0.2) is 70.5 Å². The molecule has 1 aromatic heterocycles. The van der Waals surface area contributed by atoms with Gasteiger partial charge in [0.05, 0.1) is 13.1 Å². The number of Topliss-reactive ketones (excluding diaryl/α,β-unsaturated/α-hetero) is 1. The SMILES string of the molecule is CC(=O)NC(C(C)=O)C1(O)CN(C(=O)NCCCc2ccc3c(n2)NCCC3)C1. The molecule has 3 amide bonds. The Kier molecular flexibility index (Phi) is 6.36. The summed E-state index contributed by atoms with van der Waals surface area (Å²) in [6, 6.07) is 2.85. The molecule has 1 aromatic rings. The molecule has 2 aliphatic rings. The summed E-state index contributed by atoms with van der Waals surface area (Å²) < 4.78 is 0. The first-order valence-electron chi connectivity index (χ1n) is 10.0. The minimum Gasteiger partial charge on any atom is -0.384 e. The molecule has 29 heavy (non-hydrogen) atoms. The van der Waals surface area contributed by atoms with Crippen LogP contribution < -0.4 is 16.0 Å². The van der Waals surface area contributed by atoms with Crippen molar-refractivity contribution in [1.29, 1.82) is 0 Å². The summed E-state index contributed by atoms with van der Waals surface area (Å²) in [5.41, 5.74) is 0.821. The van der Waals surface area contributed by atoms with Crippen molar-refractivity contribution in [2.24, 2.45) is 0 Å². The maximum atomic E-state index is 12.2. The molecule has 0 bridgehead atoms. The molecule has 2 aliphatic heterocycles. The van der Waals surface area contributed by atoms with Crippen LogP contribution in [0.1, 0.15) is 37.9 Å². The molecule has 0 saturated carbocycles. The van der Waals surface area contributed by atoms with E-state index in [9.17, 15) is 19.5 Å². The average molecular weight is 403 g/mol. The van der Waals surface area contributed by atoms with Crippen LogP contribution in [0.25, 0.3) is 0 Å². The monoisotopic (exact) mass is 403 g/mol. The molecule has 0 aromatic carbocycles. The molecule has 0 radical (unpaired) electrons. The quantitative estimate of drug-likeness (QED) is 0.483. The van der Waals surface area contributed by atoms with Gasteiger partial charge in [0.1, 0.15) is 17.5 Å². The lowest BCUT2D eigenvalue weighted by molar-refractivity contribution is -0.144. The Labute approximate surface area is 170 Å². The zero-order chi connectivity index (χ0) is 21.0. The number of likely N-dealkylation sites (tertiary alicyclic amines) is 1. The van der Waals surface area contributed by atoms with E-state index in [0.29, 0.717) is 6.54 Å². The number of fused-ring (bicyclic) bond motifs is 1. The van der Waals surface area contributed by atoms with Gasteiger partial charge in [-0.3, -0.25) is 9.59 Å². The molecule has 1 fully saturated rings. The molecule has 1 atom stereocenters. The number of nitrogens with one attached hydrogen (secondary N) is 3. The van der Waals surface area contributed by atoms with Crippen LogP contribution in [0.15, 0.2) is 12.1 Å². The lowest BCUT2D eigenvalue weighted by Gasteiger charge is -2.49. The third-order valence-electron chi connectivity index (χ3n) is 5.35. The van der Waals surface area contributed by atoms with Gasteiger partial charge in [-0.1, -0.05) is 6.07 Å². The van der Waals surface area contributed by atoms with Crippen LogP contribution in [0.5, 0.6) is 0 Å². The van der Waals surface area contributed by atoms with Gasteiger partial charge >= 0.3 is 6.03 Å². The molecular weight excluding hydrogens is 374 g/mol. The molecule has 4 N–H and O–H groups in total. The van der Waals surface area contributed by atoms with Gasteiger partial charge in [-0.2, -0.15) is 0 Å². The number of hydrogen-bond acceptors (Lipinski definition) is 6. The lowest BCUT2D eigenvalue weighted by Crippen LogP contribution is -2.74. The van der Waals surface area contributed by atoms with Crippen LogP contribution in [0.2, 0.25) is 0 Å². The van der Waals surface area contributed by atoms with E-state index < -0.39 is 17.6 Å². The lowest BCUT2D eigenvalue weighted by atomic mass is 9.84. The van der Waals surface area contributed by atoms with Crippen molar-refractivity contribution in [2.75, 3.05) is 31.5 Å². The summed E-state index contributed by atoms with van der Waals surface area (Å²) in [5, 5.41) is 19.2. The van der Waals surface area contributed by atoms with E-state index in [1.54, 1.807) is 0 Å². The number of aliphatic hydroxyl groups is 1. The zero-order valence-corrected chi connectivity index (χ0v) is 17.0. The standard InChI is InChI=1S/C20H29N5O4/c1-13(26)17(23-14(2)27)20(29)11-25(12-20)19(28)22-10-4-6-16-8-7-15-5-3-9-21-18(15)24-16/h7-8,17,29H,3-6,9-12H2,1-2H3,(H,21,24)(H,22,28)(H,23,27). The molecule has 1 saturated heterocycles. The van der Waals surface area contributed by atoms with Gasteiger partial charge in [-0.25, -0.2) is 9.78 Å². The first-order chi connectivity index (χ1) is 13.8. The Balaban J connectivity index is 1.41. The fourth-order valence-electron chi connectivity index (χ4n) is 3.84. The second-order valence-electron chi connectivity index (χ2n) is 7.88. The summed E-state index contributed by atoms with van der Waals surface area (Å²) in [6.45, 7) is 4.04. The van der Waals surface area contributed by atoms with Gasteiger partial charge in [0, 0.05) is 25.7 Å². The Hall–Kier alpha value is -2.68. The van der Waals surface area contributed by atoms with Crippen LogP contribution in [0.4, 0.5) is 10.6 Å². The van der Waals surface area contributed by atoms with Crippen LogP contribution in [-0.2, 0) is 22.4 Å². The van der Waals surface area contributed by atoms with E-state index in [1.807, 2.05) is 6.07 Å². The Bertz CT molecular complexity index is 791. The molecular formula is C20H29N5O4. The number of nitrogens with zero attached hydrogens (tertiary/aromatic N) is 2. The first-order valence-corrected chi connectivity index (χ1v) is 10.0. The highest BCUT2D eigenvalue weighted by molar-refractivity contribution is 5.88. The second kappa shape index (κ2) is 8.77. The molecule has 1 unspecified atom stereocenters.